The molecule has 6 nitrogen and oxygen atoms in total. The zero-order chi connectivity index (χ0) is 19.0. The molecule has 0 aliphatic carbocycles. The maximum absolute atomic E-state index is 12.3. The summed E-state index contributed by atoms with van der Waals surface area (Å²) in [6.45, 7) is 1.77. The Morgan fingerprint density at radius 1 is 1.19 bits per heavy atom. The van der Waals surface area contributed by atoms with Gasteiger partial charge in [0.2, 0.25) is 0 Å². The second kappa shape index (κ2) is 7.02. The summed E-state index contributed by atoms with van der Waals surface area (Å²) < 4.78 is 7.66. The number of para-hydroxylation sites is 1. The van der Waals surface area contributed by atoms with Crippen LogP contribution in [0.4, 0.5) is 5.82 Å². The van der Waals surface area contributed by atoms with E-state index < -0.39 is 11.9 Å². The van der Waals surface area contributed by atoms with Crippen molar-refractivity contribution in [3.8, 4) is 11.3 Å². The first-order chi connectivity index (χ1) is 13.1. The fourth-order valence-electron chi connectivity index (χ4n) is 2.80. The molecule has 27 heavy (non-hydrogen) atoms. The molecule has 4 aromatic rings. The van der Waals surface area contributed by atoms with E-state index in [9.17, 15) is 9.59 Å². The monoisotopic (exact) mass is 399 g/mol. The largest absolute Gasteiger partial charge is 0.459 e. The summed E-state index contributed by atoms with van der Waals surface area (Å²) in [5.74, 6) is -1.36. The standard InChI is InChI=1S/C19H14ClN3O3S/c1-2-26-18(25)17(24)22-16-15(11-7-9-12(20)10-8-11)21-19-23(16)13-5-3-4-6-14(13)27-19/h3-10H,2H2,1H3,(H,22,24). The molecule has 0 unspecified atom stereocenters. The van der Waals surface area contributed by atoms with Crippen LogP contribution in [0.1, 0.15) is 6.92 Å². The quantitative estimate of drug-likeness (QED) is 0.410. The molecule has 0 atom stereocenters. The summed E-state index contributed by atoms with van der Waals surface area (Å²) >= 11 is 7.48. The van der Waals surface area contributed by atoms with E-state index >= 15 is 0 Å². The van der Waals surface area contributed by atoms with Gasteiger partial charge in [0, 0.05) is 10.6 Å². The average molecular weight is 400 g/mol. The Labute approximate surface area is 163 Å². The van der Waals surface area contributed by atoms with Crippen molar-refractivity contribution < 1.29 is 14.3 Å². The Morgan fingerprint density at radius 2 is 1.93 bits per heavy atom. The van der Waals surface area contributed by atoms with Crippen molar-refractivity contribution in [2.45, 2.75) is 6.92 Å². The SMILES string of the molecule is CCOC(=O)C(=O)Nc1c(-c2ccc(Cl)cc2)nc2sc3ccccc3n12. The van der Waals surface area contributed by atoms with Crippen LogP contribution < -0.4 is 5.32 Å². The van der Waals surface area contributed by atoms with Crippen LogP contribution in [0, 0.1) is 0 Å². The van der Waals surface area contributed by atoms with Crippen molar-refractivity contribution in [2.75, 3.05) is 11.9 Å². The molecule has 2 aromatic carbocycles. The zero-order valence-corrected chi connectivity index (χ0v) is 15.8. The number of anilines is 1. The number of fused-ring (bicyclic) bond motifs is 3. The molecule has 1 N–H and O–H groups in total. The Balaban J connectivity index is 1.90. The highest BCUT2D eigenvalue weighted by Gasteiger charge is 2.23. The Morgan fingerprint density at radius 3 is 2.67 bits per heavy atom. The molecule has 0 fully saturated rings. The van der Waals surface area contributed by atoms with Gasteiger partial charge < -0.3 is 10.1 Å². The minimum absolute atomic E-state index is 0.124. The number of nitrogens with one attached hydrogen (secondary N) is 1. The first-order valence-corrected chi connectivity index (χ1v) is 9.42. The van der Waals surface area contributed by atoms with E-state index in [1.807, 2.05) is 40.8 Å². The van der Waals surface area contributed by atoms with Gasteiger partial charge in [-0.25, -0.2) is 9.78 Å². The number of carbonyl (C=O) groups is 2. The van der Waals surface area contributed by atoms with Crippen LogP contribution in [0.3, 0.4) is 0 Å². The third kappa shape index (κ3) is 3.15. The molecule has 2 aromatic heterocycles. The van der Waals surface area contributed by atoms with E-state index in [0.29, 0.717) is 21.5 Å². The number of ether oxygens (including phenoxy) is 1. The lowest BCUT2D eigenvalue weighted by Gasteiger charge is -2.07. The van der Waals surface area contributed by atoms with Gasteiger partial charge in [-0.05, 0) is 31.2 Å². The van der Waals surface area contributed by atoms with Crippen LogP contribution in [0.15, 0.2) is 48.5 Å². The minimum Gasteiger partial charge on any atom is -0.459 e. The topological polar surface area (TPSA) is 72.7 Å². The number of nitrogens with zero attached hydrogens (tertiary/aromatic N) is 2. The van der Waals surface area contributed by atoms with Gasteiger partial charge in [0.15, 0.2) is 4.96 Å². The van der Waals surface area contributed by atoms with Crippen LogP contribution in [0.2, 0.25) is 5.02 Å². The number of thiazole rings is 1. The number of esters is 1. The average Bonchev–Trinajstić information content (AvgIpc) is 3.19. The van der Waals surface area contributed by atoms with Crippen LogP contribution in [-0.4, -0.2) is 27.9 Å². The summed E-state index contributed by atoms with van der Waals surface area (Å²) in [4.78, 5) is 29.5. The van der Waals surface area contributed by atoms with Crippen molar-refractivity contribution in [3.05, 3.63) is 53.6 Å². The van der Waals surface area contributed by atoms with Gasteiger partial charge in [0.25, 0.3) is 0 Å². The van der Waals surface area contributed by atoms with Crippen molar-refractivity contribution >= 4 is 55.8 Å². The molecule has 0 saturated heterocycles. The maximum Gasteiger partial charge on any atom is 0.397 e. The lowest BCUT2D eigenvalue weighted by molar-refractivity contribution is -0.152. The fourth-order valence-corrected chi connectivity index (χ4v) is 3.95. The van der Waals surface area contributed by atoms with Gasteiger partial charge in [0.05, 0.1) is 16.8 Å². The van der Waals surface area contributed by atoms with Crippen molar-refractivity contribution in [3.63, 3.8) is 0 Å². The summed E-state index contributed by atoms with van der Waals surface area (Å²) in [6, 6.07) is 14.9. The van der Waals surface area contributed by atoms with Gasteiger partial charge >= 0.3 is 11.9 Å². The number of aromatic nitrogens is 2. The number of hydrogen-bond donors (Lipinski definition) is 1. The number of benzene rings is 2. The summed E-state index contributed by atoms with van der Waals surface area (Å²) in [5.41, 5.74) is 2.23. The lowest BCUT2D eigenvalue weighted by Crippen LogP contribution is -2.25. The molecule has 0 aliphatic heterocycles. The molecule has 0 aliphatic rings. The van der Waals surface area contributed by atoms with E-state index in [1.165, 1.54) is 11.3 Å². The smallest absolute Gasteiger partial charge is 0.397 e. The zero-order valence-electron chi connectivity index (χ0n) is 14.2. The molecule has 0 bridgehead atoms. The summed E-state index contributed by atoms with van der Waals surface area (Å²) in [5, 5.41) is 3.27. The van der Waals surface area contributed by atoms with Gasteiger partial charge in [0.1, 0.15) is 11.5 Å². The van der Waals surface area contributed by atoms with Crippen molar-refractivity contribution in [2.24, 2.45) is 0 Å². The van der Waals surface area contributed by atoms with Gasteiger partial charge in [-0.2, -0.15) is 0 Å². The second-order valence-corrected chi connectivity index (χ2v) is 7.12. The highest BCUT2D eigenvalue weighted by molar-refractivity contribution is 7.23. The Bertz CT molecular complexity index is 1160. The number of halogens is 1. The first-order valence-electron chi connectivity index (χ1n) is 8.22. The van der Waals surface area contributed by atoms with Gasteiger partial charge in [-0.15, -0.1) is 0 Å². The third-order valence-electron chi connectivity index (χ3n) is 3.96. The summed E-state index contributed by atoms with van der Waals surface area (Å²) in [7, 11) is 0. The predicted molar refractivity (Wildman–Crippen MR) is 106 cm³/mol. The van der Waals surface area contributed by atoms with Crippen LogP contribution in [0.5, 0.6) is 0 Å². The summed E-state index contributed by atoms with van der Waals surface area (Å²) in [6.07, 6.45) is 0. The van der Waals surface area contributed by atoms with Crippen LogP contribution >= 0.6 is 22.9 Å². The maximum atomic E-state index is 12.3. The Hall–Kier alpha value is -2.90. The number of amides is 1. The van der Waals surface area contributed by atoms with E-state index in [1.54, 1.807) is 19.1 Å². The molecule has 136 valence electrons. The minimum atomic E-state index is -0.936. The van der Waals surface area contributed by atoms with E-state index in [4.69, 9.17) is 16.3 Å². The lowest BCUT2D eigenvalue weighted by atomic mass is 10.1. The first kappa shape index (κ1) is 17.5. The number of carbonyl (C=O) groups excluding carboxylic acids is 2. The number of imidazole rings is 1. The molecule has 1 amide bonds. The van der Waals surface area contributed by atoms with Crippen molar-refractivity contribution in [1.82, 2.24) is 9.38 Å². The molecule has 4 rings (SSSR count). The molecule has 0 saturated carbocycles. The van der Waals surface area contributed by atoms with E-state index in [0.717, 1.165) is 15.8 Å². The van der Waals surface area contributed by atoms with Crippen molar-refractivity contribution in [1.29, 1.82) is 0 Å². The number of rotatable bonds is 3. The van der Waals surface area contributed by atoms with Crippen LogP contribution in [-0.2, 0) is 14.3 Å². The molecular weight excluding hydrogens is 386 g/mol. The van der Waals surface area contributed by atoms with E-state index in [-0.39, 0.29) is 6.61 Å². The fraction of sp³-hybridized carbons (Fsp3) is 0.105. The Kier molecular flexibility index (Phi) is 4.55. The third-order valence-corrected chi connectivity index (χ3v) is 5.24. The molecule has 8 heteroatoms. The predicted octanol–water partition coefficient (Wildman–Crippen LogP) is 4.37. The molecule has 0 spiro atoms. The van der Waals surface area contributed by atoms with Crippen LogP contribution in [0.25, 0.3) is 26.4 Å². The molecule has 2 heterocycles. The normalized spacial score (nSPS) is 11.0. The highest BCUT2D eigenvalue weighted by atomic mass is 35.5. The van der Waals surface area contributed by atoms with Gasteiger partial charge in [-0.3, -0.25) is 9.20 Å². The van der Waals surface area contributed by atoms with Gasteiger partial charge in [-0.1, -0.05) is 47.2 Å². The molecule has 0 radical (unpaired) electrons. The highest BCUT2D eigenvalue weighted by Crippen LogP contribution is 2.36. The second-order valence-electron chi connectivity index (χ2n) is 5.68. The van der Waals surface area contributed by atoms with E-state index in [2.05, 4.69) is 10.3 Å². The number of hydrogen-bond acceptors (Lipinski definition) is 5. The molecular formula is C19H14ClN3O3S.